The molecule has 1 aliphatic heterocycles. The quantitative estimate of drug-likeness (QED) is 0.557. The molecule has 1 amide bonds. The van der Waals surface area contributed by atoms with E-state index in [1.807, 2.05) is 0 Å². The fraction of sp³-hybridized carbons (Fsp3) is 0.636. The predicted molar refractivity (Wildman–Crippen MR) is 114 cm³/mol. The van der Waals surface area contributed by atoms with Gasteiger partial charge in [0.05, 0.1) is 6.54 Å². The van der Waals surface area contributed by atoms with Crippen LogP contribution >= 0.6 is 0 Å². The number of carbonyl (C=O) groups is 1. The molecule has 0 spiro atoms. The zero-order valence-electron chi connectivity index (χ0n) is 17.4. The van der Waals surface area contributed by atoms with E-state index in [0.717, 1.165) is 64.6 Å². The first-order chi connectivity index (χ1) is 13.7. The lowest BCUT2D eigenvalue weighted by molar-refractivity contribution is -0.139. The molecule has 6 nitrogen and oxygen atoms in total. The molecule has 2 aliphatic rings. The van der Waals surface area contributed by atoms with Crippen molar-refractivity contribution in [2.75, 3.05) is 45.8 Å². The van der Waals surface area contributed by atoms with Crippen molar-refractivity contribution in [3.8, 4) is 0 Å². The van der Waals surface area contributed by atoms with Crippen LogP contribution < -0.4 is 10.6 Å². The van der Waals surface area contributed by atoms with Crippen LogP contribution in [-0.2, 0) is 11.3 Å². The molecular formula is C22H35N5O. The van der Waals surface area contributed by atoms with Gasteiger partial charge in [-0.15, -0.1) is 0 Å². The van der Waals surface area contributed by atoms with E-state index < -0.39 is 0 Å². The van der Waals surface area contributed by atoms with Crippen LogP contribution in [0.2, 0.25) is 0 Å². The van der Waals surface area contributed by atoms with E-state index in [0.29, 0.717) is 18.4 Å². The Bertz CT molecular complexity index is 663. The molecule has 28 heavy (non-hydrogen) atoms. The molecule has 0 aromatic heterocycles. The lowest BCUT2D eigenvalue weighted by Gasteiger charge is -2.38. The molecule has 1 saturated heterocycles. The predicted octanol–water partition coefficient (Wildman–Crippen LogP) is 1.99. The number of hydrogen-bond donors (Lipinski definition) is 2. The van der Waals surface area contributed by atoms with Crippen molar-refractivity contribution in [3.05, 3.63) is 35.4 Å². The minimum Gasteiger partial charge on any atom is -0.357 e. The Morgan fingerprint density at radius 1 is 1.18 bits per heavy atom. The first kappa shape index (κ1) is 20.6. The lowest BCUT2D eigenvalue weighted by Crippen LogP contribution is -2.52. The third kappa shape index (κ3) is 5.96. The maximum atomic E-state index is 12.3. The summed E-state index contributed by atoms with van der Waals surface area (Å²) in [5, 5.41) is 6.76. The van der Waals surface area contributed by atoms with E-state index in [4.69, 9.17) is 4.99 Å². The van der Waals surface area contributed by atoms with Crippen LogP contribution in [0.1, 0.15) is 37.3 Å². The van der Waals surface area contributed by atoms with Gasteiger partial charge in [-0.2, -0.15) is 0 Å². The van der Waals surface area contributed by atoms with E-state index in [9.17, 15) is 4.79 Å². The Morgan fingerprint density at radius 3 is 2.61 bits per heavy atom. The van der Waals surface area contributed by atoms with Gasteiger partial charge in [0.15, 0.2) is 5.96 Å². The number of nitrogens with one attached hydrogen (secondary N) is 2. The minimum atomic E-state index is 0.320. The number of carbonyl (C=O) groups excluding carboxylic acids is 1. The van der Waals surface area contributed by atoms with Crippen LogP contribution in [0, 0.1) is 12.8 Å². The maximum absolute atomic E-state index is 12.3. The number of aryl methyl sites for hydroxylation is 1. The third-order valence-corrected chi connectivity index (χ3v) is 5.71. The highest BCUT2D eigenvalue weighted by Crippen LogP contribution is 2.28. The van der Waals surface area contributed by atoms with Gasteiger partial charge in [-0.25, -0.2) is 4.99 Å². The minimum absolute atomic E-state index is 0.320. The topological polar surface area (TPSA) is 60.0 Å². The van der Waals surface area contributed by atoms with Gasteiger partial charge in [0, 0.05) is 51.7 Å². The van der Waals surface area contributed by atoms with Gasteiger partial charge >= 0.3 is 0 Å². The molecule has 1 aliphatic carbocycles. The van der Waals surface area contributed by atoms with Crippen molar-refractivity contribution < 1.29 is 4.79 Å². The average molecular weight is 386 g/mol. The molecule has 3 rings (SSSR count). The first-order valence-corrected chi connectivity index (χ1v) is 10.7. The zero-order chi connectivity index (χ0) is 19.8. The number of hydrogen-bond acceptors (Lipinski definition) is 3. The van der Waals surface area contributed by atoms with Gasteiger partial charge in [0.2, 0.25) is 5.91 Å². The molecule has 0 bridgehead atoms. The number of amides is 1. The molecule has 6 heteroatoms. The molecule has 1 saturated carbocycles. The molecule has 0 atom stereocenters. The van der Waals surface area contributed by atoms with Crippen molar-refractivity contribution in [2.45, 2.75) is 39.7 Å². The lowest BCUT2D eigenvalue weighted by atomic mass is 9.84. The summed E-state index contributed by atoms with van der Waals surface area (Å²) in [6.45, 7) is 11.2. The van der Waals surface area contributed by atoms with Gasteiger partial charge in [0.25, 0.3) is 0 Å². The largest absolute Gasteiger partial charge is 0.357 e. The zero-order valence-corrected chi connectivity index (χ0v) is 17.4. The standard InChI is InChI=1S/C22H35N5O/c1-3-23-22(25-17-19-7-4-6-18(2)16-19)24-10-11-26-12-14-27(15-13-26)21(28)20-8-5-9-20/h4,6-7,16,20H,3,5,8-15,17H2,1-2H3,(H2,23,24,25). The number of piperazine rings is 1. The number of guanidine groups is 1. The molecule has 0 unspecified atom stereocenters. The molecular weight excluding hydrogens is 350 g/mol. The van der Waals surface area contributed by atoms with Crippen LogP contribution in [-0.4, -0.2) is 67.5 Å². The fourth-order valence-electron chi connectivity index (χ4n) is 3.76. The normalized spacial score (nSPS) is 18.6. The molecule has 2 N–H and O–H groups in total. The van der Waals surface area contributed by atoms with Crippen molar-refractivity contribution >= 4 is 11.9 Å². The molecule has 154 valence electrons. The molecule has 1 aromatic rings. The van der Waals surface area contributed by atoms with Crippen molar-refractivity contribution in [1.82, 2.24) is 20.4 Å². The van der Waals surface area contributed by atoms with Crippen LogP contribution in [0.5, 0.6) is 0 Å². The summed E-state index contributed by atoms with van der Waals surface area (Å²) in [5.74, 6) is 1.57. The summed E-state index contributed by atoms with van der Waals surface area (Å²) >= 11 is 0. The molecule has 2 fully saturated rings. The number of aliphatic imine (C=N–C) groups is 1. The van der Waals surface area contributed by atoms with Crippen molar-refractivity contribution in [3.63, 3.8) is 0 Å². The second kappa shape index (κ2) is 10.5. The van der Waals surface area contributed by atoms with Crippen LogP contribution in [0.4, 0.5) is 0 Å². The highest BCUT2D eigenvalue weighted by atomic mass is 16.2. The Labute approximate surface area is 169 Å². The summed E-state index contributed by atoms with van der Waals surface area (Å²) in [6.07, 6.45) is 3.41. The van der Waals surface area contributed by atoms with E-state index >= 15 is 0 Å². The van der Waals surface area contributed by atoms with Gasteiger partial charge in [-0.3, -0.25) is 9.69 Å². The van der Waals surface area contributed by atoms with E-state index in [-0.39, 0.29) is 0 Å². The Hall–Kier alpha value is -2.08. The summed E-state index contributed by atoms with van der Waals surface area (Å²) in [7, 11) is 0. The van der Waals surface area contributed by atoms with Gasteiger partial charge < -0.3 is 15.5 Å². The monoisotopic (exact) mass is 385 g/mol. The Morgan fingerprint density at radius 2 is 1.96 bits per heavy atom. The molecule has 1 aromatic carbocycles. The molecule has 1 heterocycles. The summed E-state index contributed by atoms with van der Waals surface area (Å²) in [6, 6.07) is 8.48. The second-order valence-corrected chi connectivity index (χ2v) is 7.91. The highest BCUT2D eigenvalue weighted by molar-refractivity contribution is 5.80. The van der Waals surface area contributed by atoms with Crippen LogP contribution in [0.25, 0.3) is 0 Å². The SMILES string of the molecule is CCNC(=NCc1cccc(C)c1)NCCN1CCN(C(=O)C2CCC2)CC1. The number of benzene rings is 1. The smallest absolute Gasteiger partial charge is 0.225 e. The van der Waals surface area contributed by atoms with E-state index in [1.54, 1.807) is 0 Å². The number of nitrogens with zero attached hydrogens (tertiary/aromatic N) is 3. The Balaban J connectivity index is 1.38. The van der Waals surface area contributed by atoms with Crippen molar-refractivity contribution in [2.24, 2.45) is 10.9 Å². The van der Waals surface area contributed by atoms with Gasteiger partial charge in [-0.1, -0.05) is 36.2 Å². The summed E-state index contributed by atoms with van der Waals surface area (Å²) in [4.78, 5) is 21.5. The molecule has 0 radical (unpaired) electrons. The van der Waals surface area contributed by atoms with Gasteiger partial charge in [-0.05, 0) is 32.3 Å². The van der Waals surface area contributed by atoms with Gasteiger partial charge in [0.1, 0.15) is 0 Å². The van der Waals surface area contributed by atoms with Crippen molar-refractivity contribution in [1.29, 1.82) is 0 Å². The van der Waals surface area contributed by atoms with Crippen LogP contribution in [0.15, 0.2) is 29.3 Å². The van der Waals surface area contributed by atoms with E-state index in [2.05, 4.69) is 58.5 Å². The second-order valence-electron chi connectivity index (χ2n) is 7.91. The fourth-order valence-corrected chi connectivity index (χ4v) is 3.76. The summed E-state index contributed by atoms with van der Waals surface area (Å²) < 4.78 is 0. The first-order valence-electron chi connectivity index (χ1n) is 10.7. The Kier molecular flexibility index (Phi) is 7.71. The van der Waals surface area contributed by atoms with E-state index in [1.165, 1.54) is 17.5 Å². The third-order valence-electron chi connectivity index (χ3n) is 5.71. The maximum Gasteiger partial charge on any atom is 0.225 e. The summed E-state index contributed by atoms with van der Waals surface area (Å²) in [5.41, 5.74) is 2.49. The van der Waals surface area contributed by atoms with Crippen LogP contribution in [0.3, 0.4) is 0 Å². The average Bonchev–Trinajstić information content (AvgIpc) is 2.65. The number of rotatable bonds is 7. The highest BCUT2D eigenvalue weighted by Gasteiger charge is 2.30.